The van der Waals surface area contributed by atoms with E-state index >= 15 is 0 Å². The van der Waals surface area contributed by atoms with Crippen molar-refractivity contribution in [1.29, 1.82) is 0 Å². The molecule has 128 valence electrons. The Balaban J connectivity index is 1.94. The lowest BCUT2D eigenvalue weighted by atomic mass is 9.92. The molecule has 0 heterocycles. The normalized spacial score (nSPS) is 13.9. The van der Waals surface area contributed by atoms with E-state index in [1.165, 1.54) is 32.3 Å². The highest BCUT2D eigenvalue weighted by Crippen LogP contribution is 2.32. The summed E-state index contributed by atoms with van der Waals surface area (Å²) < 4.78 is 40.9. The van der Waals surface area contributed by atoms with Crippen molar-refractivity contribution in [3.63, 3.8) is 0 Å². The molecule has 0 N–H and O–H groups in total. The first-order chi connectivity index (χ1) is 11.5. The van der Waals surface area contributed by atoms with Gasteiger partial charge in [0.05, 0.1) is 14.2 Å². The maximum absolute atomic E-state index is 12.7. The van der Waals surface area contributed by atoms with Crippen LogP contribution in [0.3, 0.4) is 0 Å². The molecule has 3 rings (SSSR count). The standard InChI is InChI=1S/C18H20O5S/c1-21-15-9-10-17(22-2)18(12-15)24(19,20)23-16-8-7-13-5-3-4-6-14(13)11-16/h7-12H,3-6H2,1-2H3. The molecule has 0 fully saturated rings. The second kappa shape index (κ2) is 6.73. The summed E-state index contributed by atoms with van der Waals surface area (Å²) in [4.78, 5) is -0.0536. The van der Waals surface area contributed by atoms with E-state index in [2.05, 4.69) is 0 Å². The van der Waals surface area contributed by atoms with Gasteiger partial charge in [0, 0.05) is 6.07 Å². The van der Waals surface area contributed by atoms with E-state index in [9.17, 15) is 8.42 Å². The molecule has 0 bridgehead atoms. The van der Waals surface area contributed by atoms with E-state index < -0.39 is 10.1 Å². The van der Waals surface area contributed by atoms with Gasteiger partial charge in [-0.3, -0.25) is 0 Å². The van der Waals surface area contributed by atoms with Crippen LogP contribution in [0.1, 0.15) is 24.0 Å². The van der Waals surface area contributed by atoms with E-state index in [-0.39, 0.29) is 10.6 Å². The van der Waals surface area contributed by atoms with Crippen LogP contribution < -0.4 is 13.7 Å². The summed E-state index contributed by atoms with van der Waals surface area (Å²) in [6.07, 6.45) is 4.28. The van der Waals surface area contributed by atoms with Crippen LogP contribution in [0.4, 0.5) is 0 Å². The predicted octanol–water partition coefficient (Wildman–Crippen LogP) is 3.35. The number of fused-ring (bicyclic) bond motifs is 1. The average Bonchev–Trinajstić information content (AvgIpc) is 2.60. The molecule has 0 aromatic heterocycles. The van der Waals surface area contributed by atoms with Crippen LogP contribution in [-0.2, 0) is 23.0 Å². The highest BCUT2D eigenvalue weighted by Gasteiger charge is 2.23. The first-order valence-electron chi connectivity index (χ1n) is 7.82. The van der Waals surface area contributed by atoms with Crippen LogP contribution in [0.2, 0.25) is 0 Å². The zero-order valence-corrected chi connectivity index (χ0v) is 14.6. The van der Waals surface area contributed by atoms with E-state index in [0.717, 1.165) is 24.8 Å². The highest BCUT2D eigenvalue weighted by atomic mass is 32.2. The second-order valence-electron chi connectivity index (χ2n) is 5.69. The van der Waals surface area contributed by atoms with Crippen molar-refractivity contribution < 1.29 is 22.1 Å². The Hall–Kier alpha value is -2.21. The Morgan fingerprint density at radius 1 is 0.833 bits per heavy atom. The van der Waals surface area contributed by atoms with Crippen LogP contribution in [0.5, 0.6) is 17.2 Å². The fourth-order valence-electron chi connectivity index (χ4n) is 2.91. The Bertz CT molecular complexity index is 842. The summed E-state index contributed by atoms with van der Waals surface area (Å²) in [6, 6.07) is 10.0. The smallest absolute Gasteiger partial charge is 0.343 e. The van der Waals surface area contributed by atoms with Gasteiger partial charge in [0.25, 0.3) is 0 Å². The number of hydrogen-bond donors (Lipinski definition) is 0. The highest BCUT2D eigenvalue weighted by molar-refractivity contribution is 7.87. The Morgan fingerprint density at radius 3 is 2.25 bits per heavy atom. The topological polar surface area (TPSA) is 61.8 Å². The molecule has 2 aromatic rings. The van der Waals surface area contributed by atoms with E-state index in [1.807, 2.05) is 12.1 Å². The molecule has 0 aliphatic heterocycles. The van der Waals surface area contributed by atoms with E-state index in [1.54, 1.807) is 18.2 Å². The summed E-state index contributed by atoms with van der Waals surface area (Å²) in [7, 11) is -1.13. The van der Waals surface area contributed by atoms with Crippen molar-refractivity contribution in [3.05, 3.63) is 47.5 Å². The average molecular weight is 348 g/mol. The van der Waals surface area contributed by atoms with Gasteiger partial charge in [-0.15, -0.1) is 0 Å². The van der Waals surface area contributed by atoms with E-state index in [4.69, 9.17) is 13.7 Å². The quantitative estimate of drug-likeness (QED) is 0.776. The summed E-state index contributed by atoms with van der Waals surface area (Å²) >= 11 is 0. The first kappa shape index (κ1) is 16.6. The SMILES string of the molecule is COc1ccc(OC)c(S(=O)(=O)Oc2ccc3c(c2)CCCC3)c1. The third kappa shape index (κ3) is 3.33. The number of hydrogen-bond acceptors (Lipinski definition) is 5. The van der Waals surface area contributed by atoms with Crippen molar-refractivity contribution in [3.8, 4) is 17.2 Å². The van der Waals surface area contributed by atoms with Crippen molar-refractivity contribution in [2.45, 2.75) is 30.6 Å². The van der Waals surface area contributed by atoms with Crippen molar-refractivity contribution >= 4 is 10.1 Å². The molecule has 0 radical (unpaired) electrons. The minimum Gasteiger partial charge on any atom is -0.497 e. The van der Waals surface area contributed by atoms with Crippen molar-refractivity contribution in [2.24, 2.45) is 0 Å². The van der Waals surface area contributed by atoms with Gasteiger partial charge in [-0.25, -0.2) is 0 Å². The molecule has 6 heteroatoms. The van der Waals surface area contributed by atoms with Crippen LogP contribution in [0, 0.1) is 0 Å². The molecule has 0 amide bonds. The summed E-state index contributed by atoms with van der Waals surface area (Å²) in [5.41, 5.74) is 2.43. The summed E-state index contributed by atoms with van der Waals surface area (Å²) in [5.74, 6) is 0.956. The molecule has 0 spiro atoms. The van der Waals surface area contributed by atoms with Crippen LogP contribution in [0.15, 0.2) is 41.3 Å². The number of methoxy groups -OCH3 is 2. The molecule has 5 nitrogen and oxygen atoms in total. The largest absolute Gasteiger partial charge is 0.497 e. The van der Waals surface area contributed by atoms with Crippen LogP contribution in [-0.4, -0.2) is 22.6 Å². The number of aryl methyl sites for hydroxylation is 2. The molecule has 1 aliphatic rings. The van der Waals surface area contributed by atoms with Gasteiger partial charge in [0.1, 0.15) is 17.2 Å². The first-order valence-corrected chi connectivity index (χ1v) is 9.22. The lowest BCUT2D eigenvalue weighted by Gasteiger charge is -2.17. The molecular weight excluding hydrogens is 328 g/mol. The third-order valence-corrected chi connectivity index (χ3v) is 5.44. The minimum atomic E-state index is -4.02. The van der Waals surface area contributed by atoms with Crippen LogP contribution in [0.25, 0.3) is 0 Å². The predicted molar refractivity (Wildman–Crippen MR) is 90.4 cm³/mol. The lowest BCUT2D eigenvalue weighted by Crippen LogP contribution is -2.12. The fourth-order valence-corrected chi connectivity index (χ4v) is 4.02. The van der Waals surface area contributed by atoms with Gasteiger partial charge in [0.15, 0.2) is 4.90 Å². The maximum Gasteiger partial charge on any atom is 0.343 e. The second-order valence-corrected chi connectivity index (χ2v) is 7.21. The van der Waals surface area contributed by atoms with Gasteiger partial charge >= 0.3 is 10.1 Å². The molecule has 2 aromatic carbocycles. The number of ether oxygens (including phenoxy) is 2. The summed E-state index contributed by atoms with van der Waals surface area (Å²) in [6.45, 7) is 0. The molecule has 24 heavy (non-hydrogen) atoms. The maximum atomic E-state index is 12.7. The number of rotatable bonds is 5. The van der Waals surface area contributed by atoms with Gasteiger partial charge < -0.3 is 13.7 Å². The van der Waals surface area contributed by atoms with Gasteiger partial charge in [-0.05, 0) is 61.1 Å². The zero-order chi connectivity index (χ0) is 17.2. The molecule has 1 aliphatic carbocycles. The lowest BCUT2D eigenvalue weighted by molar-refractivity contribution is 0.388. The van der Waals surface area contributed by atoms with Crippen molar-refractivity contribution in [2.75, 3.05) is 14.2 Å². The van der Waals surface area contributed by atoms with Gasteiger partial charge in [-0.2, -0.15) is 8.42 Å². The van der Waals surface area contributed by atoms with E-state index in [0.29, 0.717) is 11.5 Å². The fraction of sp³-hybridized carbons (Fsp3) is 0.333. The van der Waals surface area contributed by atoms with Crippen molar-refractivity contribution in [1.82, 2.24) is 0 Å². The molecule has 0 saturated heterocycles. The third-order valence-electron chi connectivity index (χ3n) is 4.17. The summed E-state index contributed by atoms with van der Waals surface area (Å²) in [5, 5.41) is 0. The Labute approximate surface area is 142 Å². The molecule has 0 atom stereocenters. The van der Waals surface area contributed by atoms with Gasteiger partial charge in [-0.1, -0.05) is 6.07 Å². The Kier molecular flexibility index (Phi) is 4.66. The molecule has 0 unspecified atom stereocenters. The zero-order valence-electron chi connectivity index (χ0n) is 13.7. The Morgan fingerprint density at radius 2 is 1.54 bits per heavy atom. The minimum absolute atomic E-state index is 0.0536. The van der Waals surface area contributed by atoms with Gasteiger partial charge in [0.2, 0.25) is 0 Å². The monoisotopic (exact) mass is 348 g/mol. The van der Waals surface area contributed by atoms with Crippen LogP contribution >= 0.6 is 0 Å². The molecule has 0 saturated carbocycles. The molecular formula is C18H20O5S. The number of benzene rings is 2.